The Balaban J connectivity index is 2.86. The Kier molecular flexibility index (Phi) is 5.20. The highest BCUT2D eigenvalue weighted by atomic mass is 16.5. The first-order valence-electron chi connectivity index (χ1n) is 6.42. The molecule has 0 heterocycles. The lowest BCUT2D eigenvalue weighted by atomic mass is 9.83. The molecule has 0 aliphatic heterocycles. The number of hydrogen-bond acceptors (Lipinski definition) is 3. The maximum atomic E-state index is 11.3. The van der Waals surface area contributed by atoms with Crippen molar-refractivity contribution >= 4 is 12.0 Å². The number of hydrogen-bond donors (Lipinski definition) is 0. The first-order chi connectivity index (χ1) is 8.60. The van der Waals surface area contributed by atoms with E-state index in [0.717, 1.165) is 37.1 Å². The number of aldehydes is 1. The Hall–Kier alpha value is -1.51. The first kappa shape index (κ1) is 14.6. The van der Waals surface area contributed by atoms with Crippen molar-refractivity contribution in [1.82, 2.24) is 0 Å². The fourth-order valence-corrected chi connectivity index (χ4v) is 2.09. The maximum absolute atomic E-state index is 11.3. The van der Waals surface area contributed by atoms with Crippen molar-refractivity contribution in [3.05, 3.63) is 24.3 Å². The van der Waals surface area contributed by atoms with E-state index in [-0.39, 0.29) is 5.41 Å². The summed E-state index contributed by atoms with van der Waals surface area (Å²) in [4.78, 5) is 13.4. The molecule has 3 nitrogen and oxygen atoms in total. The van der Waals surface area contributed by atoms with Crippen LogP contribution in [0.2, 0.25) is 0 Å². The van der Waals surface area contributed by atoms with E-state index in [1.165, 1.54) is 0 Å². The molecule has 0 N–H and O–H groups in total. The Morgan fingerprint density at radius 3 is 2.50 bits per heavy atom. The zero-order chi connectivity index (χ0) is 13.6. The van der Waals surface area contributed by atoms with Gasteiger partial charge in [-0.1, -0.05) is 19.9 Å². The summed E-state index contributed by atoms with van der Waals surface area (Å²) in [6.07, 6.45) is 2.83. The minimum absolute atomic E-state index is 0.252. The largest absolute Gasteiger partial charge is 0.497 e. The molecule has 0 fully saturated rings. The highest BCUT2D eigenvalue weighted by Gasteiger charge is 2.27. The van der Waals surface area contributed by atoms with Crippen LogP contribution in [0, 0.1) is 5.41 Å². The van der Waals surface area contributed by atoms with Crippen LogP contribution in [-0.2, 0) is 4.79 Å². The molecule has 0 spiro atoms. The second-order valence-corrected chi connectivity index (χ2v) is 4.74. The zero-order valence-electron chi connectivity index (χ0n) is 11.8. The van der Waals surface area contributed by atoms with Crippen molar-refractivity contribution in [2.45, 2.75) is 26.7 Å². The molecule has 0 aliphatic rings. The highest BCUT2D eigenvalue weighted by molar-refractivity contribution is 5.61. The molecule has 3 heteroatoms. The minimum Gasteiger partial charge on any atom is -0.497 e. The van der Waals surface area contributed by atoms with Crippen molar-refractivity contribution < 1.29 is 9.53 Å². The molecule has 0 unspecified atom stereocenters. The third-order valence-electron chi connectivity index (χ3n) is 3.70. The van der Waals surface area contributed by atoms with Crippen molar-refractivity contribution in [2.24, 2.45) is 5.41 Å². The van der Waals surface area contributed by atoms with Gasteiger partial charge in [0.05, 0.1) is 7.11 Å². The molecule has 0 aliphatic carbocycles. The fourth-order valence-electron chi connectivity index (χ4n) is 2.09. The second kappa shape index (κ2) is 6.43. The molecule has 0 amide bonds. The average Bonchev–Trinajstić information content (AvgIpc) is 2.44. The molecular weight excluding hydrogens is 226 g/mol. The molecule has 0 atom stereocenters. The van der Waals surface area contributed by atoms with Gasteiger partial charge in [0, 0.05) is 30.8 Å². The van der Waals surface area contributed by atoms with Gasteiger partial charge in [0.25, 0.3) is 0 Å². The molecule has 0 aromatic heterocycles. The van der Waals surface area contributed by atoms with Crippen LogP contribution in [0.5, 0.6) is 5.75 Å². The van der Waals surface area contributed by atoms with Crippen molar-refractivity contribution in [3.8, 4) is 5.75 Å². The molecular formula is C15H23NO2. The average molecular weight is 249 g/mol. The predicted octanol–water partition coefficient (Wildman–Crippen LogP) is 3.14. The molecule has 0 bridgehead atoms. The van der Waals surface area contributed by atoms with Crippen LogP contribution >= 0.6 is 0 Å². The SMILES string of the molecule is CCC(C=O)(CC)CN(C)c1cccc(OC)c1. The predicted molar refractivity (Wildman–Crippen MR) is 75.3 cm³/mol. The summed E-state index contributed by atoms with van der Waals surface area (Å²) in [5.41, 5.74) is 0.820. The van der Waals surface area contributed by atoms with Gasteiger partial charge in [0.15, 0.2) is 0 Å². The van der Waals surface area contributed by atoms with E-state index in [2.05, 4.69) is 18.7 Å². The monoisotopic (exact) mass is 249 g/mol. The van der Waals surface area contributed by atoms with E-state index in [4.69, 9.17) is 4.74 Å². The number of benzene rings is 1. The molecule has 18 heavy (non-hydrogen) atoms. The molecule has 0 saturated heterocycles. The Labute approximate surface area is 110 Å². The topological polar surface area (TPSA) is 29.5 Å². The van der Waals surface area contributed by atoms with E-state index in [0.29, 0.717) is 0 Å². The van der Waals surface area contributed by atoms with Gasteiger partial charge in [0.1, 0.15) is 12.0 Å². The van der Waals surface area contributed by atoms with Crippen LogP contribution in [0.25, 0.3) is 0 Å². The number of carbonyl (C=O) groups excluding carboxylic acids is 1. The van der Waals surface area contributed by atoms with E-state index >= 15 is 0 Å². The van der Waals surface area contributed by atoms with Crippen LogP contribution in [-0.4, -0.2) is 27.0 Å². The zero-order valence-corrected chi connectivity index (χ0v) is 11.8. The minimum atomic E-state index is -0.252. The lowest BCUT2D eigenvalue weighted by molar-refractivity contribution is -0.116. The summed E-state index contributed by atoms with van der Waals surface area (Å²) >= 11 is 0. The quantitative estimate of drug-likeness (QED) is 0.695. The summed E-state index contributed by atoms with van der Waals surface area (Å²) in [7, 11) is 3.67. The van der Waals surface area contributed by atoms with Crippen LogP contribution in [0.3, 0.4) is 0 Å². The molecule has 1 aromatic rings. The maximum Gasteiger partial charge on any atom is 0.127 e. The number of anilines is 1. The number of nitrogens with zero attached hydrogens (tertiary/aromatic N) is 1. The van der Waals surface area contributed by atoms with Crippen molar-refractivity contribution in [3.63, 3.8) is 0 Å². The molecule has 0 radical (unpaired) electrons. The van der Waals surface area contributed by atoms with Crippen molar-refractivity contribution in [1.29, 1.82) is 0 Å². The Bertz CT molecular complexity index is 386. The van der Waals surface area contributed by atoms with Gasteiger partial charge in [-0.05, 0) is 25.0 Å². The normalized spacial score (nSPS) is 11.1. The van der Waals surface area contributed by atoms with Crippen LogP contribution in [0.1, 0.15) is 26.7 Å². The van der Waals surface area contributed by atoms with Crippen LogP contribution in [0.4, 0.5) is 5.69 Å². The Morgan fingerprint density at radius 2 is 2.00 bits per heavy atom. The first-order valence-corrected chi connectivity index (χ1v) is 6.42. The fraction of sp³-hybridized carbons (Fsp3) is 0.533. The number of rotatable bonds is 7. The lowest BCUT2D eigenvalue weighted by Gasteiger charge is -2.32. The summed E-state index contributed by atoms with van der Waals surface area (Å²) in [5.74, 6) is 0.837. The van der Waals surface area contributed by atoms with Gasteiger partial charge in [-0.3, -0.25) is 0 Å². The van der Waals surface area contributed by atoms with E-state index in [1.54, 1.807) is 7.11 Å². The lowest BCUT2D eigenvalue weighted by Crippen LogP contribution is -2.36. The van der Waals surface area contributed by atoms with E-state index < -0.39 is 0 Å². The number of ether oxygens (including phenoxy) is 1. The third kappa shape index (κ3) is 3.25. The number of carbonyl (C=O) groups is 1. The standard InChI is InChI=1S/C15H23NO2/c1-5-15(6-2,12-17)11-16(3)13-8-7-9-14(10-13)18-4/h7-10,12H,5-6,11H2,1-4H3. The molecule has 1 rings (SSSR count). The van der Waals surface area contributed by atoms with E-state index in [9.17, 15) is 4.79 Å². The summed E-state index contributed by atoms with van der Waals surface area (Å²) in [6.45, 7) is 4.87. The van der Waals surface area contributed by atoms with Gasteiger partial charge in [-0.2, -0.15) is 0 Å². The molecule has 1 aromatic carbocycles. The summed E-state index contributed by atoms with van der Waals surface area (Å²) < 4.78 is 5.22. The smallest absolute Gasteiger partial charge is 0.127 e. The molecule has 0 saturated carbocycles. The van der Waals surface area contributed by atoms with E-state index in [1.807, 2.05) is 31.3 Å². The Morgan fingerprint density at radius 1 is 1.33 bits per heavy atom. The number of methoxy groups -OCH3 is 1. The van der Waals surface area contributed by atoms with Gasteiger partial charge in [-0.25, -0.2) is 0 Å². The van der Waals surface area contributed by atoms with Gasteiger partial charge in [-0.15, -0.1) is 0 Å². The second-order valence-electron chi connectivity index (χ2n) is 4.74. The molecule has 100 valence electrons. The third-order valence-corrected chi connectivity index (χ3v) is 3.70. The van der Waals surface area contributed by atoms with Gasteiger partial charge < -0.3 is 14.4 Å². The van der Waals surface area contributed by atoms with Gasteiger partial charge in [0.2, 0.25) is 0 Å². The highest BCUT2D eigenvalue weighted by Crippen LogP contribution is 2.28. The van der Waals surface area contributed by atoms with Gasteiger partial charge >= 0.3 is 0 Å². The van der Waals surface area contributed by atoms with Crippen LogP contribution in [0.15, 0.2) is 24.3 Å². The van der Waals surface area contributed by atoms with Crippen molar-refractivity contribution in [2.75, 3.05) is 25.6 Å². The summed E-state index contributed by atoms with van der Waals surface area (Å²) in [5, 5.41) is 0. The van der Waals surface area contributed by atoms with Crippen LogP contribution < -0.4 is 9.64 Å². The summed E-state index contributed by atoms with van der Waals surface area (Å²) in [6, 6.07) is 7.90.